The first-order valence-corrected chi connectivity index (χ1v) is 11.1. The van der Waals surface area contributed by atoms with Crippen molar-refractivity contribution >= 4 is 23.6 Å². The molecule has 4 nitrogen and oxygen atoms in total. The number of hydrogen-bond acceptors (Lipinski definition) is 3. The highest BCUT2D eigenvalue weighted by Crippen LogP contribution is 2.39. The lowest BCUT2D eigenvalue weighted by Crippen LogP contribution is -3.12. The molecule has 2 aromatic heterocycles. The molecule has 3 heterocycles. The maximum atomic E-state index is 5.88. The second-order valence-electron chi connectivity index (χ2n) is 7.82. The van der Waals surface area contributed by atoms with Gasteiger partial charge in [0.2, 0.25) is 4.77 Å². The van der Waals surface area contributed by atoms with Crippen LogP contribution in [-0.2, 0) is 19.6 Å². The number of aromatic nitrogens is 3. The Morgan fingerprint density at radius 2 is 2.04 bits per heavy atom. The second-order valence-corrected chi connectivity index (χ2v) is 9.19. The standard InChI is InChI=1S/C21H24N4S2/c1-15-18-10-12-27-19(18)9-11-23(15)14-25-21(26)24(20(22-25)17-7-8-17)13-16-5-3-2-4-6-16/h2-6,10,12,15,17H,7-9,11,13-14H2,1H3/p+1/t15-/m0/s1. The largest absolute Gasteiger partial charge is 0.310 e. The van der Waals surface area contributed by atoms with Gasteiger partial charge in [0.05, 0.1) is 13.1 Å². The van der Waals surface area contributed by atoms with Crippen molar-refractivity contribution in [1.29, 1.82) is 0 Å². The summed E-state index contributed by atoms with van der Waals surface area (Å²) in [6, 6.07) is 13.4. The molecule has 1 N–H and O–H groups in total. The average molecular weight is 398 g/mol. The summed E-state index contributed by atoms with van der Waals surface area (Å²) in [5.74, 6) is 1.78. The zero-order valence-corrected chi connectivity index (χ0v) is 17.2. The lowest BCUT2D eigenvalue weighted by atomic mass is 10.0. The molecule has 0 saturated heterocycles. The van der Waals surface area contributed by atoms with Crippen LogP contribution in [0.2, 0.25) is 0 Å². The van der Waals surface area contributed by atoms with Crippen LogP contribution in [-0.4, -0.2) is 20.9 Å². The zero-order valence-electron chi connectivity index (χ0n) is 15.6. The maximum absolute atomic E-state index is 5.88. The number of rotatable bonds is 5. The molecule has 2 aliphatic rings. The molecule has 1 fully saturated rings. The number of fused-ring (bicyclic) bond motifs is 1. The summed E-state index contributed by atoms with van der Waals surface area (Å²) in [4.78, 5) is 3.12. The molecule has 3 aromatic rings. The number of hydrogen-bond donors (Lipinski definition) is 1. The molecule has 2 atom stereocenters. The third-order valence-corrected chi connectivity index (χ3v) is 7.39. The summed E-state index contributed by atoms with van der Waals surface area (Å²) < 4.78 is 5.23. The summed E-state index contributed by atoms with van der Waals surface area (Å²) >= 11 is 7.78. The Morgan fingerprint density at radius 1 is 1.22 bits per heavy atom. The molecule has 1 saturated carbocycles. The maximum Gasteiger partial charge on any atom is 0.203 e. The summed E-state index contributed by atoms with van der Waals surface area (Å²) in [5, 5.41) is 7.23. The molecule has 0 bridgehead atoms. The van der Waals surface area contributed by atoms with Crippen molar-refractivity contribution in [2.24, 2.45) is 0 Å². The van der Waals surface area contributed by atoms with Gasteiger partial charge in [0.15, 0.2) is 6.67 Å². The van der Waals surface area contributed by atoms with Gasteiger partial charge < -0.3 is 4.90 Å². The van der Waals surface area contributed by atoms with Crippen molar-refractivity contribution in [3.63, 3.8) is 0 Å². The lowest BCUT2D eigenvalue weighted by molar-refractivity contribution is -0.954. The van der Waals surface area contributed by atoms with E-state index in [0.29, 0.717) is 12.0 Å². The fourth-order valence-corrected chi connectivity index (χ4v) is 5.42. The summed E-state index contributed by atoms with van der Waals surface area (Å²) in [5.41, 5.74) is 2.80. The Balaban J connectivity index is 1.43. The van der Waals surface area contributed by atoms with E-state index >= 15 is 0 Å². The molecule has 0 amide bonds. The average Bonchev–Trinajstić information content (AvgIpc) is 3.34. The van der Waals surface area contributed by atoms with Crippen molar-refractivity contribution in [2.75, 3.05) is 6.54 Å². The Labute approximate surface area is 169 Å². The van der Waals surface area contributed by atoms with Crippen LogP contribution in [0.1, 0.15) is 53.6 Å². The SMILES string of the molecule is C[C@H]1c2ccsc2CC[NH+]1Cn1nc(C2CC2)n(Cc2ccccc2)c1=S. The van der Waals surface area contributed by atoms with Crippen molar-refractivity contribution in [3.05, 3.63) is 68.4 Å². The molecule has 1 aliphatic heterocycles. The van der Waals surface area contributed by atoms with Crippen LogP contribution in [0.4, 0.5) is 0 Å². The van der Waals surface area contributed by atoms with Gasteiger partial charge in [0.1, 0.15) is 11.9 Å². The fourth-order valence-electron chi connectivity index (χ4n) is 4.18. The molecule has 1 aliphatic carbocycles. The highest BCUT2D eigenvalue weighted by molar-refractivity contribution is 7.71. The van der Waals surface area contributed by atoms with E-state index in [-0.39, 0.29) is 0 Å². The van der Waals surface area contributed by atoms with Gasteiger partial charge >= 0.3 is 0 Å². The Hall–Kier alpha value is -1.76. The quantitative estimate of drug-likeness (QED) is 0.667. The molecule has 0 radical (unpaired) electrons. The number of thiophene rings is 1. The number of nitrogens with zero attached hydrogens (tertiary/aromatic N) is 3. The smallest absolute Gasteiger partial charge is 0.203 e. The summed E-state index contributed by atoms with van der Waals surface area (Å²) in [6.07, 6.45) is 3.65. The van der Waals surface area contributed by atoms with Gasteiger partial charge in [-0.15, -0.1) is 11.3 Å². The molecular formula is C21H25N4S2+. The monoisotopic (exact) mass is 397 g/mol. The van der Waals surface area contributed by atoms with Gasteiger partial charge in [-0.25, -0.2) is 0 Å². The predicted octanol–water partition coefficient (Wildman–Crippen LogP) is 3.56. The highest BCUT2D eigenvalue weighted by Gasteiger charge is 2.32. The molecule has 0 spiro atoms. The van der Waals surface area contributed by atoms with E-state index in [1.807, 2.05) is 11.3 Å². The summed E-state index contributed by atoms with van der Waals surface area (Å²) in [7, 11) is 0. The molecule has 1 aromatic carbocycles. The van der Waals surface area contributed by atoms with E-state index in [0.717, 1.165) is 24.5 Å². The topological polar surface area (TPSA) is 27.2 Å². The van der Waals surface area contributed by atoms with Crippen LogP contribution >= 0.6 is 23.6 Å². The van der Waals surface area contributed by atoms with Crippen LogP contribution in [0, 0.1) is 4.77 Å². The molecule has 5 rings (SSSR count). The van der Waals surface area contributed by atoms with Gasteiger partial charge in [-0.1, -0.05) is 30.3 Å². The zero-order chi connectivity index (χ0) is 18.4. The van der Waals surface area contributed by atoms with Gasteiger partial charge in [-0.05, 0) is 49.0 Å². The van der Waals surface area contributed by atoms with Gasteiger partial charge in [0.25, 0.3) is 0 Å². The van der Waals surface area contributed by atoms with Crippen LogP contribution in [0.3, 0.4) is 0 Å². The van der Waals surface area contributed by atoms with Gasteiger partial charge in [-0.2, -0.15) is 9.78 Å². The van der Waals surface area contributed by atoms with E-state index in [1.54, 1.807) is 9.78 Å². The van der Waals surface area contributed by atoms with E-state index < -0.39 is 0 Å². The predicted molar refractivity (Wildman–Crippen MR) is 111 cm³/mol. The Kier molecular flexibility index (Phi) is 4.50. The van der Waals surface area contributed by atoms with Crippen LogP contribution in [0.5, 0.6) is 0 Å². The van der Waals surface area contributed by atoms with Crippen LogP contribution in [0.15, 0.2) is 41.8 Å². The third-order valence-electron chi connectivity index (χ3n) is 5.96. The van der Waals surface area contributed by atoms with Gasteiger partial charge in [0, 0.05) is 22.8 Å². The van der Waals surface area contributed by atoms with Crippen LogP contribution < -0.4 is 4.90 Å². The lowest BCUT2D eigenvalue weighted by Gasteiger charge is -2.30. The fraction of sp³-hybridized carbons (Fsp3) is 0.429. The first-order chi connectivity index (χ1) is 13.2. The Morgan fingerprint density at radius 3 is 2.81 bits per heavy atom. The highest BCUT2D eigenvalue weighted by atomic mass is 32.1. The van der Waals surface area contributed by atoms with E-state index in [4.69, 9.17) is 17.3 Å². The minimum atomic E-state index is 0.505. The van der Waals surface area contributed by atoms with Gasteiger partial charge in [-0.3, -0.25) is 4.57 Å². The van der Waals surface area contributed by atoms with Crippen LogP contribution in [0.25, 0.3) is 0 Å². The van der Waals surface area contributed by atoms with E-state index in [9.17, 15) is 0 Å². The third kappa shape index (κ3) is 3.30. The van der Waals surface area contributed by atoms with Crippen molar-refractivity contribution < 1.29 is 4.90 Å². The Bertz CT molecular complexity index is 997. The van der Waals surface area contributed by atoms with Crippen molar-refractivity contribution in [3.8, 4) is 0 Å². The normalized spacial score (nSPS) is 22.0. The van der Waals surface area contributed by atoms with E-state index in [2.05, 4.69) is 58.0 Å². The number of benzene rings is 1. The molecule has 27 heavy (non-hydrogen) atoms. The second kappa shape index (κ2) is 7.00. The molecule has 1 unspecified atom stereocenters. The van der Waals surface area contributed by atoms with E-state index in [1.165, 1.54) is 36.2 Å². The molecular weight excluding hydrogens is 372 g/mol. The number of quaternary nitrogens is 1. The minimum Gasteiger partial charge on any atom is -0.310 e. The first-order valence-electron chi connectivity index (χ1n) is 9.83. The summed E-state index contributed by atoms with van der Waals surface area (Å²) in [6.45, 7) is 5.18. The molecule has 140 valence electrons. The molecule has 6 heteroatoms. The first kappa shape index (κ1) is 17.3. The minimum absolute atomic E-state index is 0.505. The van der Waals surface area contributed by atoms with Crippen molar-refractivity contribution in [2.45, 2.75) is 51.4 Å². The number of nitrogens with one attached hydrogen (secondary N) is 1. The van der Waals surface area contributed by atoms with Crippen molar-refractivity contribution in [1.82, 2.24) is 14.3 Å².